The number of carbonyl (C=O) groups excluding carboxylic acids is 1. The van der Waals surface area contributed by atoms with E-state index in [2.05, 4.69) is 6.92 Å². The van der Waals surface area contributed by atoms with Gasteiger partial charge in [0.15, 0.2) is 5.12 Å². The molecule has 0 aliphatic heterocycles. The largest absolute Gasteiger partial charge is 0.481 e. The highest BCUT2D eigenvalue weighted by Gasteiger charge is 2.04. The highest BCUT2D eigenvalue weighted by atomic mass is 32.2. The van der Waals surface area contributed by atoms with Crippen LogP contribution in [0.2, 0.25) is 0 Å². The lowest BCUT2D eigenvalue weighted by Gasteiger charge is -2.02. The number of hydrogen-bond donors (Lipinski definition) is 1. The van der Waals surface area contributed by atoms with Crippen molar-refractivity contribution in [2.45, 2.75) is 90.4 Å². The number of rotatable bonds is 15. The van der Waals surface area contributed by atoms with E-state index in [0.717, 1.165) is 12.8 Å². The molecule has 0 atom stereocenters. The average molecular weight is 317 g/mol. The van der Waals surface area contributed by atoms with Crippen LogP contribution in [0.4, 0.5) is 0 Å². The van der Waals surface area contributed by atoms with E-state index in [-0.39, 0.29) is 11.5 Å². The number of carbonyl (C=O) groups is 2. The van der Waals surface area contributed by atoms with Gasteiger partial charge in [-0.25, -0.2) is 0 Å². The molecule has 0 rings (SSSR count). The first kappa shape index (κ1) is 20.5. The molecule has 0 bridgehead atoms. The summed E-state index contributed by atoms with van der Waals surface area (Å²) in [5.74, 6) is -0.420. The summed E-state index contributed by atoms with van der Waals surface area (Å²) < 4.78 is 0. The number of unbranched alkanes of at least 4 members (excludes halogenated alkanes) is 10. The fraction of sp³-hybridized carbons (Fsp3) is 0.882. The first-order chi connectivity index (χ1) is 10.2. The van der Waals surface area contributed by atoms with E-state index in [9.17, 15) is 9.59 Å². The van der Waals surface area contributed by atoms with Crippen molar-refractivity contribution in [3.05, 3.63) is 0 Å². The minimum Gasteiger partial charge on any atom is -0.481 e. The molecule has 0 aliphatic rings. The van der Waals surface area contributed by atoms with Gasteiger partial charge >= 0.3 is 5.97 Å². The van der Waals surface area contributed by atoms with E-state index >= 15 is 0 Å². The van der Waals surface area contributed by atoms with Crippen molar-refractivity contribution in [2.24, 2.45) is 0 Å². The van der Waals surface area contributed by atoms with Crippen LogP contribution in [0.25, 0.3) is 0 Å². The Labute approximate surface area is 134 Å². The van der Waals surface area contributed by atoms with Crippen molar-refractivity contribution >= 4 is 22.8 Å². The molecule has 0 aliphatic carbocycles. The predicted octanol–water partition coefficient (Wildman–Crippen LogP) is 5.42. The first-order valence-corrected chi connectivity index (χ1v) is 9.52. The molecule has 0 aromatic carbocycles. The maximum Gasteiger partial charge on any atom is 0.304 e. The number of thioether (sulfide) groups is 1. The zero-order valence-corrected chi connectivity index (χ0v) is 14.4. The molecule has 0 aromatic heterocycles. The van der Waals surface area contributed by atoms with E-state index in [4.69, 9.17) is 5.11 Å². The normalized spacial score (nSPS) is 10.7. The number of hydrogen-bond acceptors (Lipinski definition) is 3. The highest BCUT2D eigenvalue weighted by Crippen LogP contribution is 2.14. The smallest absolute Gasteiger partial charge is 0.304 e. The molecule has 0 unspecified atom stereocenters. The van der Waals surface area contributed by atoms with E-state index in [0.29, 0.717) is 12.2 Å². The predicted molar refractivity (Wildman–Crippen MR) is 90.8 cm³/mol. The molecule has 0 saturated heterocycles. The van der Waals surface area contributed by atoms with Gasteiger partial charge in [-0.15, -0.1) is 0 Å². The molecule has 3 nitrogen and oxygen atoms in total. The topological polar surface area (TPSA) is 54.4 Å². The van der Waals surface area contributed by atoms with Crippen molar-refractivity contribution < 1.29 is 14.7 Å². The van der Waals surface area contributed by atoms with Gasteiger partial charge in [0, 0.05) is 12.2 Å². The van der Waals surface area contributed by atoms with E-state index in [1.165, 1.54) is 69.5 Å². The second-order valence-electron chi connectivity index (χ2n) is 5.65. The summed E-state index contributed by atoms with van der Waals surface area (Å²) >= 11 is 1.17. The second-order valence-corrected chi connectivity index (χ2v) is 6.80. The lowest BCUT2D eigenvalue weighted by Crippen LogP contribution is -1.99. The van der Waals surface area contributed by atoms with Gasteiger partial charge in [0.2, 0.25) is 0 Å². The Morgan fingerprint density at radius 1 is 0.762 bits per heavy atom. The quantitative estimate of drug-likeness (QED) is 0.410. The number of carboxylic acid groups (broad SMARTS) is 1. The summed E-state index contributed by atoms with van der Waals surface area (Å²) in [7, 11) is 0. The number of carboxylic acids is 1. The van der Waals surface area contributed by atoms with Crippen molar-refractivity contribution in [1.29, 1.82) is 0 Å². The maximum absolute atomic E-state index is 11.5. The Morgan fingerprint density at radius 2 is 1.24 bits per heavy atom. The summed E-state index contributed by atoms with van der Waals surface area (Å²) in [6.07, 6.45) is 14.8. The van der Waals surface area contributed by atoms with Crippen LogP contribution >= 0.6 is 11.8 Å². The minimum absolute atomic E-state index is 0.0780. The molecule has 0 aromatic rings. The van der Waals surface area contributed by atoms with E-state index in [1.807, 2.05) is 0 Å². The monoisotopic (exact) mass is 316 g/mol. The molecule has 4 heteroatoms. The molecule has 0 spiro atoms. The fourth-order valence-electron chi connectivity index (χ4n) is 2.26. The Balaban J connectivity index is 3.14. The van der Waals surface area contributed by atoms with Crippen LogP contribution in [0, 0.1) is 0 Å². The Hall–Kier alpha value is -0.510. The molecule has 1 N–H and O–H groups in total. The van der Waals surface area contributed by atoms with Gasteiger partial charge in [0.1, 0.15) is 0 Å². The molecule has 0 saturated carbocycles. The van der Waals surface area contributed by atoms with Crippen molar-refractivity contribution in [3.63, 3.8) is 0 Å². The van der Waals surface area contributed by atoms with Gasteiger partial charge in [-0.3, -0.25) is 9.59 Å². The van der Waals surface area contributed by atoms with Crippen molar-refractivity contribution in [1.82, 2.24) is 0 Å². The van der Waals surface area contributed by atoms with Crippen LogP contribution in [0.15, 0.2) is 0 Å². The summed E-state index contributed by atoms with van der Waals surface area (Å²) in [6.45, 7) is 2.25. The average Bonchev–Trinajstić information content (AvgIpc) is 2.44. The molecule has 0 heterocycles. The lowest BCUT2D eigenvalue weighted by molar-refractivity contribution is -0.136. The van der Waals surface area contributed by atoms with Crippen LogP contribution in [0.5, 0.6) is 0 Å². The molecule has 21 heavy (non-hydrogen) atoms. The third-order valence-corrected chi connectivity index (χ3v) is 4.50. The molecule has 0 amide bonds. The van der Waals surface area contributed by atoms with Gasteiger partial charge < -0.3 is 5.11 Å². The van der Waals surface area contributed by atoms with Crippen LogP contribution in [0.1, 0.15) is 90.4 Å². The van der Waals surface area contributed by atoms with Crippen molar-refractivity contribution in [2.75, 3.05) is 5.75 Å². The zero-order chi connectivity index (χ0) is 15.8. The summed E-state index contributed by atoms with van der Waals surface area (Å²) in [4.78, 5) is 21.8. The third kappa shape index (κ3) is 17.4. The zero-order valence-electron chi connectivity index (χ0n) is 13.6. The van der Waals surface area contributed by atoms with Crippen LogP contribution in [-0.4, -0.2) is 21.9 Å². The third-order valence-electron chi connectivity index (χ3n) is 3.56. The molecule has 124 valence electrons. The summed E-state index contributed by atoms with van der Waals surface area (Å²) in [6, 6.07) is 0. The standard InChI is InChI=1S/C17H32O3S/c1-2-3-4-5-6-7-8-9-10-11-12-13-17(20)21-15-14-16(18)19/h2-15H2,1H3,(H,18,19). The minimum atomic E-state index is -0.829. The second kappa shape index (κ2) is 15.9. The highest BCUT2D eigenvalue weighted by molar-refractivity contribution is 8.13. The van der Waals surface area contributed by atoms with E-state index < -0.39 is 5.97 Å². The van der Waals surface area contributed by atoms with Gasteiger partial charge in [-0.05, 0) is 6.42 Å². The lowest BCUT2D eigenvalue weighted by atomic mass is 10.1. The molecular weight excluding hydrogens is 284 g/mol. The van der Waals surface area contributed by atoms with Crippen molar-refractivity contribution in [3.8, 4) is 0 Å². The Bertz CT molecular complexity index is 267. The number of aliphatic carboxylic acids is 1. The van der Waals surface area contributed by atoms with Gasteiger partial charge in [-0.2, -0.15) is 0 Å². The van der Waals surface area contributed by atoms with Gasteiger partial charge in [0.25, 0.3) is 0 Å². The molecule has 0 radical (unpaired) electrons. The van der Waals surface area contributed by atoms with Crippen LogP contribution < -0.4 is 0 Å². The Kier molecular flexibility index (Phi) is 15.5. The van der Waals surface area contributed by atoms with Crippen LogP contribution in [0.3, 0.4) is 0 Å². The molecular formula is C17H32O3S. The fourth-order valence-corrected chi connectivity index (χ4v) is 3.05. The summed E-state index contributed by atoms with van der Waals surface area (Å²) in [5.41, 5.74) is 0. The summed E-state index contributed by atoms with van der Waals surface area (Å²) in [5, 5.41) is 8.62. The Morgan fingerprint density at radius 3 is 1.71 bits per heavy atom. The van der Waals surface area contributed by atoms with Gasteiger partial charge in [-0.1, -0.05) is 82.9 Å². The van der Waals surface area contributed by atoms with Gasteiger partial charge in [0.05, 0.1) is 6.42 Å². The first-order valence-electron chi connectivity index (χ1n) is 8.54. The maximum atomic E-state index is 11.5. The van der Waals surface area contributed by atoms with E-state index in [1.54, 1.807) is 0 Å². The van der Waals surface area contributed by atoms with Crippen LogP contribution in [-0.2, 0) is 9.59 Å². The SMILES string of the molecule is CCCCCCCCCCCCCC(=O)SCCC(=O)O. The molecule has 0 fully saturated rings.